The van der Waals surface area contributed by atoms with Crippen LogP contribution >= 0.6 is 0 Å². The highest BCUT2D eigenvalue weighted by molar-refractivity contribution is 6.01. The Morgan fingerprint density at radius 2 is 2.36 bits per heavy atom. The molecule has 1 aliphatic heterocycles. The van der Waals surface area contributed by atoms with Gasteiger partial charge in [0.1, 0.15) is 6.54 Å². The Kier molecular flexibility index (Phi) is 1.75. The van der Waals surface area contributed by atoms with Crippen LogP contribution in [0, 0.1) is 0 Å². The molecule has 0 saturated heterocycles. The van der Waals surface area contributed by atoms with Gasteiger partial charge in [0.05, 0.1) is 6.54 Å². The number of primary amides is 1. The highest BCUT2D eigenvalue weighted by Crippen LogP contribution is 1.97. The second-order valence-corrected chi connectivity index (χ2v) is 2.19. The second-order valence-electron chi connectivity index (χ2n) is 2.19. The molecule has 2 amide bonds. The number of carbonyl (C=O) groups excluding carboxylic acids is 2. The van der Waals surface area contributed by atoms with Gasteiger partial charge in [-0.3, -0.25) is 9.59 Å². The van der Waals surface area contributed by atoms with Crippen molar-refractivity contribution in [3.63, 3.8) is 0 Å². The number of aliphatic imine (C=N–C) groups is 1. The molecule has 0 aromatic heterocycles. The molecular formula is C5H8N4O2. The van der Waals surface area contributed by atoms with Gasteiger partial charge >= 0.3 is 0 Å². The van der Waals surface area contributed by atoms with Gasteiger partial charge < -0.3 is 16.4 Å². The normalized spacial score (nSPS) is 16.9. The number of rotatable bonds is 2. The number of nitrogens with two attached hydrogens (primary N) is 2. The van der Waals surface area contributed by atoms with E-state index in [1.54, 1.807) is 0 Å². The minimum absolute atomic E-state index is 0.0504. The van der Waals surface area contributed by atoms with E-state index in [2.05, 4.69) is 4.99 Å². The van der Waals surface area contributed by atoms with E-state index in [1.165, 1.54) is 4.90 Å². The van der Waals surface area contributed by atoms with E-state index in [-0.39, 0.29) is 25.0 Å². The Morgan fingerprint density at radius 1 is 1.73 bits per heavy atom. The van der Waals surface area contributed by atoms with Gasteiger partial charge in [0.25, 0.3) is 5.91 Å². The average Bonchev–Trinajstić information content (AvgIpc) is 2.09. The Labute approximate surface area is 62.9 Å². The molecule has 0 bridgehead atoms. The molecule has 11 heavy (non-hydrogen) atoms. The molecule has 60 valence electrons. The Bertz CT molecular complexity index is 235. The monoisotopic (exact) mass is 156 g/mol. The van der Waals surface area contributed by atoms with Crippen LogP contribution in [-0.4, -0.2) is 35.8 Å². The lowest BCUT2D eigenvalue weighted by Crippen LogP contribution is -2.40. The first-order valence-electron chi connectivity index (χ1n) is 3.00. The van der Waals surface area contributed by atoms with Gasteiger partial charge in [-0.2, -0.15) is 4.99 Å². The van der Waals surface area contributed by atoms with Gasteiger partial charge in [-0.05, 0) is 0 Å². The Balaban J connectivity index is 2.57. The van der Waals surface area contributed by atoms with Crippen LogP contribution in [0.3, 0.4) is 0 Å². The SMILES string of the molecule is NC(=O)CN1CC(=O)N=C1N. The van der Waals surface area contributed by atoms with E-state index in [1.807, 2.05) is 0 Å². The van der Waals surface area contributed by atoms with Crippen molar-refractivity contribution in [3.05, 3.63) is 0 Å². The summed E-state index contributed by atoms with van der Waals surface area (Å²) >= 11 is 0. The first kappa shape index (κ1) is 7.52. The highest BCUT2D eigenvalue weighted by atomic mass is 16.2. The average molecular weight is 156 g/mol. The third-order valence-corrected chi connectivity index (χ3v) is 1.24. The fourth-order valence-corrected chi connectivity index (χ4v) is 0.803. The first-order valence-corrected chi connectivity index (χ1v) is 3.00. The summed E-state index contributed by atoms with van der Waals surface area (Å²) in [6, 6.07) is 0. The van der Waals surface area contributed by atoms with E-state index in [9.17, 15) is 9.59 Å². The maximum absolute atomic E-state index is 10.6. The standard InChI is InChI=1S/C5H8N4O2/c6-3(10)1-9-2-4(11)8-5(9)7/h1-2H2,(H2,6,10)(H2,7,8,11). The maximum atomic E-state index is 10.6. The molecule has 0 atom stereocenters. The van der Waals surface area contributed by atoms with E-state index < -0.39 is 5.91 Å². The predicted molar refractivity (Wildman–Crippen MR) is 37.4 cm³/mol. The zero-order chi connectivity index (χ0) is 8.43. The minimum Gasteiger partial charge on any atom is -0.369 e. The molecule has 0 unspecified atom stereocenters. The van der Waals surface area contributed by atoms with Crippen molar-refractivity contribution in [2.75, 3.05) is 13.1 Å². The van der Waals surface area contributed by atoms with Crippen molar-refractivity contribution in [1.82, 2.24) is 4.90 Å². The van der Waals surface area contributed by atoms with Gasteiger partial charge in [-0.15, -0.1) is 0 Å². The summed E-state index contributed by atoms with van der Waals surface area (Å²) in [5, 5.41) is 0. The molecule has 0 radical (unpaired) electrons. The van der Waals surface area contributed by atoms with E-state index in [0.29, 0.717) is 0 Å². The lowest BCUT2D eigenvalue weighted by atomic mass is 10.5. The summed E-state index contributed by atoms with van der Waals surface area (Å²) in [4.78, 5) is 25.7. The van der Waals surface area contributed by atoms with Crippen molar-refractivity contribution in [1.29, 1.82) is 0 Å². The quantitative estimate of drug-likeness (QED) is 0.466. The molecule has 0 saturated carbocycles. The second kappa shape index (κ2) is 2.57. The van der Waals surface area contributed by atoms with Gasteiger partial charge in [0.15, 0.2) is 5.96 Å². The van der Waals surface area contributed by atoms with Crippen LogP contribution < -0.4 is 11.5 Å². The molecular weight excluding hydrogens is 148 g/mol. The summed E-state index contributed by atoms with van der Waals surface area (Å²) in [7, 11) is 0. The highest BCUT2D eigenvalue weighted by Gasteiger charge is 2.21. The number of hydrogen-bond acceptors (Lipinski definition) is 4. The third kappa shape index (κ3) is 1.66. The van der Waals surface area contributed by atoms with Gasteiger partial charge in [0.2, 0.25) is 5.91 Å². The van der Waals surface area contributed by atoms with Crippen molar-refractivity contribution >= 4 is 17.8 Å². The number of nitrogens with zero attached hydrogens (tertiary/aromatic N) is 2. The molecule has 1 heterocycles. The minimum atomic E-state index is -0.530. The van der Waals surface area contributed by atoms with Gasteiger partial charge in [-0.1, -0.05) is 0 Å². The van der Waals surface area contributed by atoms with E-state index >= 15 is 0 Å². The number of guanidine groups is 1. The number of carbonyl (C=O) groups is 2. The fourth-order valence-electron chi connectivity index (χ4n) is 0.803. The molecule has 4 N–H and O–H groups in total. The van der Waals surface area contributed by atoms with Crippen LogP contribution in [0.15, 0.2) is 4.99 Å². The Hall–Kier alpha value is -1.59. The van der Waals surface area contributed by atoms with Crippen molar-refractivity contribution in [2.45, 2.75) is 0 Å². The largest absolute Gasteiger partial charge is 0.369 e. The predicted octanol–water partition coefficient (Wildman–Crippen LogP) is -2.37. The summed E-state index contributed by atoms with van der Waals surface area (Å²) in [6.07, 6.45) is 0. The van der Waals surface area contributed by atoms with E-state index in [4.69, 9.17) is 11.5 Å². The van der Waals surface area contributed by atoms with Crippen molar-refractivity contribution < 1.29 is 9.59 Å². The molecule has 1 rings (SSSR count). The summed E-state index contributed by atoms with van der Waals surface area (Å²) in [5.41, 5.74) is 10.1. The lowest BCUT2D eigenvalue weighted by molar-refractivity contribution is -0.119. The summed E-state index contributed by atoms with van der Waals surface area (Å²) in [6.45, 7) is -0.00412. The first-order chi connectivity index (χ1) is 5.09. The summed E-state index contributed by atoms with van der Waals surface area (Å²) < 4.78 is 0. The maximum Gasteiger partial charge on any atom is 0.268 e. The van der Waals surface area contributed by atoms with Gasteiger partial charge in [-0.25, -0.2) is 0 Å². The molecule has 0 aromatic carbocycles. The van der Waals surface area contributed by atoms with Crippen LogP contribution in [0.1, 0.15) is 0 Å². The summed E-state index contributed by atoms with van der Waals surface area (Å²) in [5.74, 6) is -0.810. The van der Waals surface area contributed by atoms with Crippen LogP contribution in [-0.2, 0) is 9.59 Å². The Morgan fingerprint density at radius 3 is 2.73 bits per heavy atom. The van der Waals surface area contributed by atoms with Crippen LogP contribution in [0.25, 0.3) is 0 Å². The molecule has 6 heteroatoms. The zero-order valence-electron chi connectivity index (χ0n) is 5.78. The van der Waals surface area contributed by atoms with Gasteiger partial charge in [0, 0.05) is 0 Å². The lowest BCUT2D eigenvalue weighted by Gasteiger charge is -2.12. The molecule has 1 aliphatic rings. The molecule has 0 fully saturated rings. The van der Waals surface area contributed by atoms with Crippen molar-refractivity contribution in [2.24, 2.45) is 16.5 Å². The topological polar surface area (TPSA) is 102 Å². The number of amides is 2. The molecule has 0 aromatic rings. The molecule has 0 aliphatic carbocycles. The molecule has 0 spiro atoms. The van der Waals surface area contributed by atoms with Crippen molar-refractivity contribution in [3.8, 4) is 0 Å². The smallest absolute Gasteiger partial charge is 0.268 e. The zero-order valence-corrected chi connectivity index (χ0v) is 5.78. The van der Waals surface area contributed by atoms with Crippen LogP contribution in [0.5, 0.6) is 0 Å². The van der Waals surface area contributed by atoms with Crippen LogP contribution in [0.2, 0.25) is 0 Å². The number of hydrogen-bond donors (Lipinski definition) is 2. The molecule has 6 nitrogen and oxygen atoms in total. The van der Waals surface area contributed by atoms with E-state index in [0.717, 1.165) is 0 Å². The van der Waals surface area contributed by atoms with Crippen LogP contribution in [0.4, 0.5) is 0 Å². The fraction of sp³-hybridized carbons (Fsp3) is 0.400. The third-order valence-electron chi connectivity index (χ3n) is 1.24.